The van der Waals surface area contributed by atoms with Gasteiger partial charge in [0.2, 0.25) is 0 Å². The van der Waals surface area contributed by atoms with Crippen LogP contribution in [0.1, 0.15) is 57.7 Å². The van der Waals surface area contributed by atoms with Gasteiger partial charge in [-0.05, 0) is 70.9 Å². The Morgan fingerprint density at radius 3 is 2.64 bits per heavy atom. The maximum absolute atomic E-state index is 12.4. The van der Waals surface area contributed by atoms with Crippen molar-refractivity contribution >= 4 is 17.9 Å². The number of aryl methyl sites for hydroxylation is 2. The van der Waals surface area contributed by atoms with E-state index in [9.17, 15) is 14.7 Å². The Labute approximate surface area is 161 Å². The molecule has 7 heteroatoms. The van der Waals surface area contributed by atoms with Crippen LogP contribution >= 0.6 is 0 Å². The van der Waals surface area contributed by atoms with Gasteiger partial charge in [-0.1, -0.05) is 6.07 Å². The number of hydrogen-bond donors (Lipinski definition) is 0. The number of fused-ring (bicyclic) bond motifs is 1. The maximum atomic E-state index is 12.4. The smallest absolute Gasteiger partial charge is 0.550 e. The van der Waals surface area contributed by atoms with Crippen molar-refractivity contribution in [3.05, 3.63) is 23.4 Å². The molecular formula is C18H25LiN2O4. The zero-order valence-electron chi connectivity index (χ0n) is 15.6. The van der Waals surface area contributed by atoms with E-state index >= 15 is 0 Å². The summed E-state index contributed by atoms with van der Waals surface area (Å²) in [4.78, 5) is 29.1. The average Bonchev–Trinajstić information content (AvgIpc) is 2.49. The van der Waals surface area contributed by atoms with Crippen LogP contribution in [0.15, 0.2) is 12.1 Å². The standard InChI is InChI=1S/C18H26N2O4.Li/c1-18(2,3)24-17(23)20-12-6-7-13-10-11-14(19-16(13)20)8-4-5-9-15(21)22;/h10-11H,4-9,12H2,1-3H3,(H,21,22);/q;+1/p-1. The van der Waals surface area contributed by atoms with Crippen LogP contribution in [0.2, 0.25) is 0 Å². The molecule has 0 unspecified atom stereocenters. The normalized spacial score (nSPS) is 13.6. The van der Waals surface area contributed by atoms with Crippen LogP contribution in [-0.2, 0) is 22.4 Å². The van der Waals surface area contributed by atoms with Gasteiger partial charge in [0.15, 0.2) is 0 Å². The van der Waals surface area contributed by atoms with E-state index in [1.54, 1.807) is 4.90 Å². The second kappa shape index (κ2) is 9.26. The van der Waals surface area contributed by atoms with Crippen LogP contribution in [0.25, 0.3) is 0 Å². The molecule has 1 aliphatic heterocycles. The topological polar surface area (TPSA) is 82.6 Å². The van der Waals surface area contributed by atoms with Crippen molar-refractivity contribution in [3.63, 3.8) is 0 Å². The number of unbranched alkanes of at least 4 members (excludes halogenated alkanes) is 1. The zero-order valence-corrected chi connectivity index (χ0v) is 15.6. The van der Waals surface area contributed by atoms with Crippen LogP contribution in [0.3, 0.4) is 0 Å². The first kappa shape index (κ1) is 21.5. The molecular weight excluding hydrogens is 315 g/mol. The summed E-state index contributed by atoms with van der Waals surface area (Å²) in [7, 11) is 0. The van der Waals surface area contributed by atoms with E-state index in [2.05, 4.69) is 4.98 Å². The van der Waals surface area contributed by atoms with E-state index in [0.717, 1.165) is 30.5 Å². The van der Waals surface area contributed by atoms with Gasteiger partial charge < -0.3 is 14.6 Å². The number of carboxylic acid groups (broad SMARTS) is 1. The maximum Gasteiger partial charge on any atom is 1.00 e. The molecule has 25 heavy (non-hydrogen) atoms. The van der Waals surface area contributed by atoms with Gasteiger partial charge in [-0.2, -0.15) is 0 Å². The molecule has 0 aromatic carbocycles. The summed E-state index contributed by atoms with van der Waals surface area (Å²) < 4.78 is 5.47. The van der Waals surface area contributed by atoms with E-state index < -0.39 is 11.6 Å². The first-order valence-corrected chi connectivity index (χ1v) is 8.45. The first-order valence-electron chi connectivity index (χ1n) is 8.45. The van der Waals surface area contributed by atoms with Gasteiger partial charge in [-0.3, -0.25) is 4.90 Å². The second-order valence-corrected chi connectivity index (χ2v) is 7.10. The molecule has 0 fully saturated rings. The van der Waals surface area contributed by atoms with Crippen molar-refractivity contribution in [1.82, 2.24) is 4.98 Å². The van der Waals surface area contributed by atoms with Gasteiger partial charge in [-0.25, -0.2) is 9.78 Å². The first-order chi connectivity index (χ1) is 11.3. The minimum Gasteiger partial charge on any atom is -0.550 e. The quantitative estimate of drug-likeness (QED) is 0.520. The van der Waals surface area contributed by atoms with E-state index in [-0.39, 0.29) is 31.4 Å². The number of carbonyl (C=O) groups excluding carboxylic acids is 2. The number of amides is 1. The number of nitrogens with zero attached hydrogens (tertiary/aromatic N) is 2. The zero-order chi connectivity index (χ0) is 17.7. The Balaban J connectivity index is 0.00000312. The van der Waals surface area contributed by atoms with Crippen molar-refractivity contribution in [3.8, 4) is 0 Å². The van der Waals surface area contributed by atoms with Crippen molar-refractivity contribution < 1.29 is 38.3 Å². The van der Waals surface area contributed by atoms with Crippen molar-refractivity contribution in [1.29, 1.82) is 0 Å². The minimum absolute atomic E-state index is 0. The number of aliphatic carboxylic acids is 1. The Morgan fingerprint density at radius 1 is 1.28 bits per heavy atom. The van der Waals surface area contributed by atoms with Gasteiger partial charge in [0.1, 0.15) is 11.4 Å². The number of anilines is 1. The Kier molecular flexibility index (Phi) is 7.97. The molecule has 2 rings (SSSR count). The Morgan fingerprint density at radius 2 is 2.00 bits per heavy atom. The summed E-state index contributed by atoms with van der Waals surface area (Å²) in [5.74, 6) is -0.350. The Hall–Kier alpha value is -1.51. The van der Waals surface area contributed by atoms with Crippen molar-refractivity contribution in [2.45, 2.75) is 64.9 Å². The SMILES string of the molecule is CC(C)(C)OC(=O)N1CCCc2ccc(CCCCC(=O)[O-])nc21.[Li+]. The number of hydrogen-bond acceptors (Lipinski definition) is 5. The molecule has 6 nitrogen and oxygen atoms in total. The summed E-state index contributed by atoms with van der Waals surface area (Å²) in [6.45, 7) is 6.13. The third kappa shape index (κ3) is 6.72. The Bertz CT molecular complexity index is 614. The summed E-state index contributed by atoms with van der Waals surface area (Å²) in [6.07, 6.45) is 3.46. The van der Waals surface area contributed by atoms with E-state index in [1.807, 2.05) is 32.9 Å². The monoisotopic (exact) mass is 340 g/mol. The largest absolute Gasteiger partial charge is 1.00 e. The predicted molar refractivity (Wildman–Crippen MR) is 88.7 cm³/mol. The molecule has 1 aromatic rings. The van der Waals surface area contributed by atoms with Crippen LogP contribution in [-0.4, -0.2) is 29.2 Å². The molecule has 0 aliphatic carbocycles. The van der Waals surface area contributed by atoms with Crippen molar-refractivity contribution in [2.75, 3.05) is 11.4 Å². The van der Waals surface area contributed by atoms with Crippen LogP contribution in [0.4, 0.5) is 10.6 Å². The number of rotatable bonds is 5. The molecule has 0 spiro atoms. The number of ether oxygens (including phenoxy) is 1. The third-order valence-electron chi connectivity index (χ3n) is 3.77. The van der Waals surface area contributed by atoms with Crippen LogP contribution in [0.5, 0.6) is 0 Å². The van der Waals surface area contributed by atoms with Gasteiger partial charge >= 0.3 is 25.0 Å². The fraction of sp³-hybridized carbons (Fsp3) is 0.611. The second-order valence-electron chi connectivity index (χ2n) is 7.10. The number of carbonyl (C=O) groups is 2. The number of pyridine rings is 1. The molecule has 2 heterocycles. The molecule has 1 aliphatic rings. The van der Waals surface area contributed by atoms with Crippen LogP contribution in [0, 0.1) is 0 Å². The molecule has 1 amide bonds. The van der Waals surface area contributed by atoms with Gasteiger partial charge in [0, 0.05) is 18.2 Å². The number of carboxylic acids is 1. The summed E-state index contributed by atoms with van der Waals surface area (Å²) in [6, 6.07) is 3.96. The molecule has 0 saturated heterocycles. The van der Waals surface area contributed by atoms with Gasteiger partial charge in [0.25, 0.3) is 0 Å². The molecule has 132 valence electrons. The van der Waals surface area contributed by atoms with Crippen molar-refractivity contribution in [2.24, 2.45) is 0 Å². The average molecular weight is 340 g/mol. The van der Waals surface area contributed by atoms with E-state index in [0.29, 0.717) is 25.2 Å². The summed E-state index contributed by atoms with van der Waals surface area (Å²) >= 11 is 0. The molecule has 0 saturated carbocycles. The molecule has 0 bridgehead atoms. The predicted octanol–water partition coefficient (Wildman–Crippen LogP) is -0.764. The minimum atomic E-state index is -1.02. The summed E-state index contributed by atoms with van der Waals surface area (Å²) in [5, 5.41) is 10.4. The fourth-order valence-corrected chi connectivity index (χ4v) is 2.69. The summed E-state index contributed by atoms with van der Waals surface area (Å²) in [5.41, 5.74) is 1.37. The van der Waals surface area contributed by atoms with Gasteiger partial charge in [-0.15, -0.1) is 0 Å². The van der Waals surface area contributed by atoms with E-state index in [1.165, 1.54) is 0 Å². The van der Waals surface area contributed by atoms with E-state index in [4.69, 9.17) is 4.74 Å². The molecule has 0 N–H and O–H groups in total. The molecule has 0 radical (unpaired) electrons. The molecule has 0 atom stereocenters. The fourth-order valence-electron chi connectivity index (χ4n) is 2.69. The molecule has 1 aromatic heterocycles. The van der Waals surface area contributed by atoms with Crippen LogP contribution < -0.4 is 28.9 Å². The van der Waals surface area contributed by atoms with Gasteiger partial charge in [0.05, 0.1) is 0 Å². The third-order valence-corrected chi connectivity index (χ3v) is 3.77. The number of aromatic nitrogens is 1.